The highest BCUT2D eigenvalue weighted by molar-refractivity contribution is 5.89. The van der Waals surface area contributed by atoms with E-state index in [1.54, 1.807) is 4.90 Å². The molecule has 0 aromatic carbocycles. The van der Waals surface area contributed by atoms with Crippen molar-refractivity contribution in [2.75, 3.05) is 31.1 Å². The van der Waals surface area contributed by atoms with Crippen molar-refractivity contribution in [1.29, 1.82) is 10.7 Å². The lowest BCUT2D eigenvalue weighted by molar-refractivity contribution is -0.137. The Morgan fingerprint density at radius 1 is 1.13 bits per heavy atom. The van der Waals surface area contributed by atoms with E-state index in [-0.39, 0.29) is 11.5 Å². The van der Waals surface area contributed by atoms with E-state index in [2.05, 4.69) is 36.7 Å². The van der Waals surface area contributed by atoms with Crippen LogP contribution in [0.25, 0.3) is 0 Å². The molecule has 1 saturated heterocycles. The molecule has 7 rings (SSSR count). The van der Waals surface area contributed by atoms with Gasteiger partial charge in [-0.05, 0) is 75.8 Å². The molecule has 10 nitrogen and oxygen atoms in total. The van der Waals surface area contributed by atoms with E-state index < -0.39 is 17.3 Å². The van der Waals surface area contributed by atoms with Gasteiger partial charge in [-0.15, -0.1) is 10.2 Å². The van der Waals surface area contributed by atoms with Crippen LogP contribution in [0.4, 0.5) is 19.0 Å². The molecule has 208 valence electrons. The van der Waals surface area contributed by atoms with Crippen LogP contribution in [0, 0.1) is 34.6 Å². The monoisotopic (exact) mass is 542 g/mol. The molecule has 3 heterocycles. The summed E-state index contributed by atoms with van der Waals surface area (Å²) in [6.07, 6.45) is 3.87. The molecular weight excluding hydrogens is 509 g/mol. The van der Waals surface area contributed by atoms with Crippen LogP contribution >= 0.6 is 0 Å². The van der Waals surface area contributed by atoms with E-state index in [1.165, 1.54) is 6.07 Å². The predicted molar refractivity (Wildman–Crippen MR) is 135 cm³/mol. The lowest BCUT2D eigenvalue weighted by atomic mass is 9.47. The molecular formula is C26H33F3N10. The van der Waals surface area contributed by atoms with Gasteiger partial charge in [-0.2, -0.15) is 23.6 Å². The molecule has 5 aliphatic rings. The number of aromatic amines is 1. The maximum absolute atomic E-state index is 12.9. The average molecular weight is 543 g/mol. The van der Waals surface area contributed by atoms with Crippen LogP contribution in [-0.4, -0.2) is 79.0 Å². The molecule has 13 heteroatoms. The van der Waals surface area contributed by atoms with Gasteiger partial charge in [-0.1, -0.05) is 5.21 Å². The number of rotatable bonds is 5. The zero-order chi connectivity index (χ0) is 27.6. The number of aromatic nitrogens is 5. The SMILES string of the molecule is CC(C)(C(=N)N(C#N)C1C2CC3CC1CC(c1nn[nH]n1)(C3)C2)N1CCN(c2ccc(C(F)(F)F)cn2)CC1. The molecule has 2 aromatic rings. The standard InChI is InChI=1S/C26H33F3N10/c1-24(2,38-7-5-37(6-8-38)20-4-3-19(14-32-20)26(27,28)29)22(31)39(15-30)21-17-9-16-10-18(21)13-25(11-16,12-17)23-33-35-36-34-23/h3-4,14,16-18,21,31H,5-13H2,1-2H3,(H,33,34,35,36). The first-order valence-electron chi connectivity index (χ1n) is 13.6. The van der Waals surface area contributed by atoms with Gasteiger partial charge in [-0.3, -0.25) is 15.2 Å². The number of nitriles is 1. The first-order valence-corrected chi connectivity index (χ1v) is 13.6. The van der Waals surface area contributed by atoms with Crippen LogP contribution in [0.2, 0.25) is 0 Å². The summed E-state index contributed by atoms with van der Waals surface area (Å²) in [6.45, 7) is 6.34. The van der Waals surface area contributed by atoms with Gasteiger partial charge in [0.1, 0.15) is 11.7 Å². The van der Waals surface area contributed by atoms with Crippen molar-refractivity contribution in [2.45, 2.75) is 69.1 Å². The number of hydrogen-bond acceptors (Lipinski definition) is 8. The minimum absolute atomic E-state index is 0.00372. The van der Waals surface area contributed by atoms with Crippen molar-refractivity contribution in [2.24, 2.45) is 17.8 Å². The number of pyridine rings is 1. The van der Waals surface area contributed by atoms with Gasteiger partial charge in [0.15, 0.2) is 12.0 Å². The van der Waals surface area contributed by atoms with Gasteiger partial charge < -0.3 is 4.90 Å². The summed E-state index contributed by atoms with van der Waals surface area (Å²) in [5, 5.41) is 34.7. The van der Waals surface area contributed by atoms with Gasteiger partial charge in [0, 0.05) is 37.8 Å². The summed E-state index contributed by atoms with van der Waals surface area (Å²) in [4.78, 5) is 9.88. The maximum Gasteiger partial charge on any atom is 0.417 e. The summed E-state index contributed by atoms with van der Waals surface area (Å²) in [5.74, 6) is 2.79. The van der Waals surface area contributed by atoms with E-state index in [9.17, 15) is 23.8 Å². The molecule has 4 saturated carbocycles. The van der Waals surface area contributed by atoms with Gasteiger partial charge in [0.2, 0.25) is 0 Å². The van der Waals surface area contributed by atoms with Crippen molar-refractivity contribution >= 4 is 11.7 Å². The molecule has 2 unspecified atom stereocenters. The van der Waals surface area contributed by atoms with Crippen molar-refractivity contribution < 1.29 is 13.2 Å². The molecule has 5 fully saturated rings. The van der Waals surface area contributed by atoms with Crippen LogP contribution in [-0.2, 0) is 11.6 Å². The Morgan fingerprint density at radius 2 is 1.82 bits per heavy atom. The molecule has 2 aromatic heterocycles. The van der Waals surface area contributed by atoms with E-state index in [0.717, 1.165) is 50.2 Å². The molecule has 0 amide bonds. The Bertz CT molecular complexity index is 1230. The third kappa shape index (κ3) is 4.33. The Balaban J connectivity index is 1.14. The minimum atomic E-state index is -4.41. The third-order valence-corrected chi connectivity index (χ3v) is 9.74. The maximum atomic E-state index is 12.9. The minimum Gasteiger partial charge on any atom is -0.354 e. The number of nitrogens with one attached hydrogen (secondary N) is 2. The number of halogens is 3. The second-order valence-electron chi connectivity index (χ2n) is 12.2. The van der Waals surface area contributed by atoms with E-state index in [0.29, 0.717) is 55.6 Å². The van der Waals surface area contributed by atoms with Gasteiger partial charge in [0.05, 0.1) is 17.1 Å². The Hall–Kier alpha value is -3.27. The smallest absolute Gasteiger partial charge is 0.354 e. The highest BCUT2D eigenvalue weighted by Gasteiger charge is 2.60. The van der Waals surface area contributed by atoms with Crippen molar-refractivity contribution in [1.82, 2.24) is 35.4 Å². The quantitative estimate of drug-likeness (QED) is 0.255. The second kappa shape index (κ2) is 9.15. The Labute approximate surface area is 225 Å². The lowest BCUT2D eigenvalue weighted by Gasteiger charge is -2.60. The molecule has 2 N–H and O–H groups in total. The highest BCUT2D eigenvalue weighted by atomic mass is 19.4. The van der Waals surface area contributed by atoms with Crippen LogP contribution in [0.15, 0.2) is 18.3 Å². The number of piperazine rings is 1. The second-order valence-corrected chi connectivity index (χ2v) is 12.2. The predicted octanol–water partition coefficient (Wildman–Crippen LogP) is 3.42. The number of nitrogens with zero attached hydrogens (tertiary/aromatic N) is 8. The summed E-state index contributed by atoms with van der Waals surface area (Å²) in [5.41, 5.74) is -1.53. The molecule has 0 spiro atoms. The fourth-order valence-corrected chi connectivity index (χ4v) is 8.03. The number of alkyl halides is 3. The molecule has 1 aliphatic heterocycles. The van der Waals surface area contributed by atoms with E-state index in [1.807, 2.05) is 18.7 Å². The van der Waals surface area contributed by atoms with Crippen molar-refractivity contribution in [3.63, 3.8) is 0 Å². The van der Waals surface area contributed by atoms with Gasteiger partial charge in [0.25, 0.3) is 0 Å². The Morgan fingerprint density at radius 3 is 2.36 bits per heavy atom. The normalized spacial score (nSPS) is 30.8. The third-order valence-electron chi connectivity index (χ3n) is 9.74. The summed E-state index contributed by atoms with van der Waals surface area (Å²) in [6, 6.07) is 2.47. The Kier molecular flexibility index (Phi) is 6.09. The average Bonchev–Trinajstić information content (AvgIpc) is 3.46. The zero-order valence-corrected chi connectivity index (χ0v) is 22.1. The number of amidine groups is 1. The topological polar surface area (TPSA) is 125 Å². The summed E-state index contributed by atoms with van der Waals surface area (Å²) < 4.78 is 38.7. The number of H-pyrrole nitrogens is 1. The molecule has 4 bridgehead atoms. The van der Waals surface area contributed by atoms with Crippen LogP contribution in [0.3, 0.4) is 0 Å². The van der Waals surface area contributed by atoms with Crippen LogP contribution < -0.4 is 4.90 Å². The fourth-order valence-electron chi connectivity index (χ4n) is 8.03. The number of tetrazole rings is 1. The van der Waals surface area contributed by atoms with E-state index in [4.69, 9.17) is 0 Å². The van der Waals surface area contributed by atoms with E-state index >= 15 is 0 Å². The first kappa shape index (κ1) is 26.0. The van der Waals surface area contributed by atoms with Crippen LogP contribution in [0.5, 0.6) is 0 Å². The van der Waals surface area contributed by atoms with Crippen LogP contribution in [0.1, 0.15) is 57.3 Å². The first-order chi connectivity index (χ1) is 18.5. The summed E-state index contributed by atoms with van der Waals surface area (Å²) >= 11 is 0. The number of anilines is 1. The summed E-state index contributed by atoms with van der Waals surface area (Å²) in [7, 11) is 0. The lowest BCUT2D eigenvalue weighted by Crippen LogP contribution is -2.65. The molecule has 39 heavy (non-hydrogen) atoms. The van der Waals surface area contributed by atoms with Gasteiger partial charge >= 0.3 is 6.18 Å². The molecule has 2 atom stereocenters. The number of hydrogen-bond donors (Lipinski definition) is 2. The molecule has 0 radical (unpaired) electrons. The highest BCUT2D eigenvalue weighted by Crippen LogP contribution is 2.61. The van der Waals surface area contributed by atoms with Crippen molar-refractivity contribution in [3.8, 4) is 6.19 Å². The molecule has 4 aliphatic carbocycles. The zero-order valence-electron chi connectivity index (χ0n) is 22.1. The van der Waals surface area contributed by atoms with Gasteiger partial charge in [-0.25, -0.2) is 4.98 Å². The largest absolute Gasteiger partial charge is 0.417 e. The van der Waals surface area contributed by atoms with Crippen molar-refractivity contribution in [3.05, 3.63) is 29.7 Å². The fraction of sp³-hybridized carbons (Fsp3) is 0.692.